The standard InChI is InChI=1S/C18H15F3N2.CH3NO2/c1-12-8-13(2)10-14(9-12)16-11-17(18(19,20)21)22-23(16)15-6-4-3-5-7-15;2-1(3)4/h3-11H,1-2H3;2H2,(H,3,4). The quantitative estimate of drug-likeness (QED) is 0.673. The minimum absolute atomic E-state index is 0.426. The van der Waals surface area contributed by atoms with Crippen LogP contribution in [0.1, 0.15) is 16.8 Å². The summed E-state index contributed by atoms with van der Waals surface area (Å²) in [6.07, 6.45) is -5.81. The van der Waals surface area contributed by atoms with Gasteiger partial charge in [-0.15, -0.1) is 0 Å². The summed E-state index contributed by atoms with van der Waals surface area (Å²) in [4.78, 5) is 8.78. The van der Waals surface area contributed by atoms with Gasteiger partial charge in [0, 0.05) is 5.56 Å². The molecule has 8 heteroatoms. The summed E-state index contributed by atoms with van der Waals surface area (Å²) < 4.78 is 40.6. The van der Waals surface area contributed by atoms with E-state index < -0.39 is 18.0 Å². The molecule has 27 heavy (non-hydrogen) atoms. The third-order valence-corrected chi connectivity index (χ3v) is 3.52. The van der Waals surface area contributed by atoms with Crippen molar-refractivity contribution in [3.8, 4) is 16.9 Å². The van der Waals surface area contributed by atoms with E-state index in [1.165, 1.54) is 4.68 Å². The lowest BCUT2D eigenvalue weighted by molar-refractivity contribution is -0.141. The van der Waals surface area contributed by atoms with Crippen LogP contribution in [0.3, 0.4) is 0 Å². The van der Waals surface area contributed by atoms with Gasteiger partial charge in [-0.05, 0) is 44.2 Å². The molecule has 0 saturated heterocycles. The highest BCUT2D eigenvalue weighted by molar-refractivity contribution is 5.64. The van der Waals surface area contributed by atoms with E-state index in [1.807, 2.05) is 38.1 Å². The predicted octanol–water partition coefficient (Wildman–Crippen LogP) is 4.80. The molecule has 0 fully saturated rings. The highest BCUT2D eigenvalue weighted by atomic mass is 19.4. The predicted molar refractivity (Wildman–Crippen MR) is 95.7 cm³/mol. The zero-order valence-electron chi connectivity index (χ0n) is 14.7. The molecular weight excluding hydrogens is 359 g/mol. The molecule has 1 amide bonds. The van der Waals surface area contributed by atoms with Gasteiger partial charge in [0.05, 0.1) is 11.4 Å². The average molecular weight is 377 g/mol. The molecule has 0 aliphatic rings. The highest BCUT2D eigenvalue weighted by Crippen LogP contribution is 2.33. The summed E-state index contributed by atoms with van der Waals surface area (Å²) in [6.45, 7) is 3.84. The third-order valence-electron chi connectivity index (χ3n) is 3.52. The lowest BCUT2D eigenvalue weighted by atomic mass is 10.0. The number of aromatic nitrogens is 2. The van der Waals surface area contributed by atoms with E-state index in [-0.39, 0.29) is 0 Å². The lowest BCUT2D eigenvalue weighted by Gasteiger charge is -2.09. The minimum atomic E-state index is -4.48. The van der Waals surface area contributed by atoms with Gasteiger partial charge in [0.2, 0.25) is 0 Å². The first-order chi connectivity index (χ1) is 12.6. The minimum Gasteiger partial charge on any atom is -0.465 e. The summed E-state index contributed by atoms with van der Waals surface area (Å²) in [6, 6.07) is 15.6. The molecule has 0 atom stereocenters. The van der Waals surface area contributed by atoms with Crippen LogP contribution in [0.5, 0.6) is 0 Å². The van der Waals surface area contributed by atoms with Gasteiger partial charge in [-0.2, -0.15) is 18.3 Å². The van der Waals surface area contributed by atoms with Crippen LogP contribution < -0.4 is 5.73 Å². The van der Waals surface area contributed by atoms with E-state index >= 15 is 0 Å². The van der Waals surface area contributed by atoms with E-state index in [0.29, 0.717) is 16.9 Å². The van der Waals surface area contributed by atoms with E-state index in [0.717, 1.165) is 17.2 Å². The smallest absolute Gasteiger partial charge is 0.435 e. The summed E-state index contributed by atoms with van der Waals surface area (Å²) in [5, 5.41) is 11.0. The van der Waals surface area contributed by atoms with Crippen molar-refractivity contribution in [2.45, 2.75) is 20.0 Å². The number of nitrogens with zero attached hydrogens (tertiary/aromatic N) is 2. The fraction of sp³-hybridized carbons (Fsp3) is 0.158. The first-order valence-electron chi connectivity index (χ1n) is 7.87. The molecule has 142 valence electrons. The molecule has 3 aromatic rings. The number of carbonyl (C=O) groups is 1. The maximum atomic E-state index is 13.1. The molecule has 2 aromatic carbocycles. The zero-order valence-corrected chi connectivity index (χ0v) is 14.7. The van der Waals surface area contributed by atoms with Gasteiger partial charge in [0.25, 0.3) is 0 Å². The van der Waals surface area contributed by atoms with E-state index in [9.17, 15) is 13.2 Å². The molecule has 0 radical (unpaired) electrons. The van der Waals surface area contributed by atoms with Crippen LogP contribution in [0.4, 0.5) is 18.0 Å². The number of hydrogen-bond acceptors (Lipinski definition) is 2. The number of benzene rings is 2. The Hall–Kier alpha value is -3.29. The van der Waals surface area contributed by atoms with Crippen molar-refractivity contribution in [2.24, 2.45) is 5.73 Å². The summed E-state index contributed by atoms with van der Waals surface area (Å²) >= 11 is 0. The van der Waals surface area contributed by atoms with Crippen LogP contribution in [0.15, 0.2) is 54.6 Å². The Balaban J connectivity index is 0.000000596. The van der Waals surface area contributed by atoms with Crippen LogP contribution in [0.2, 0.25) is 0 Å². The van der Waals surface area contributed by atoms with Gasteiger partial charge in [-0.1, -0.05) is 35.4 Å². The normalized spacial score (nSPS) is 10.9. The number of halogens is 3. The Bertz CT molecular complexity index is 911. The average Bonchev–Trinajstić information content (AvgIpc) is 3.00. The first-order valence-corrected chi connectivity index (χ1v) is 7.87. The zero-order chi connectivity index (χ0) is 20.2. The molecule has 0 aliphatic heterocycles. The molecule has 0 spiro atoms. The molecule has 1 heterocycles. The third kappa shape index (κ3) is 5.34. The molecule has 5 nitrogen and oxygen atoms in total. The molecule has 0 aliphatic carbocycles. The maximum Gasteiger partial charge on any atom is 0.435 e. The fourth-order valence-electron chi connectivity index (χ4n) is 2.61. The highest BCUT2D eigenvalue weighted by Gasteiger charge is 2.35. The Labute approximate surface area is 153 Å². The van der Waals surface area contributed by atoms with Crippen LogP contribution in [-0.4, -0.2) is 21.0 Å². The molecule has 1 aromatic heterocycles. The van der Waals surface area contributed by atoms with Gasteiger partial charge in [-0.25, -0.2) is 9.48 Å². The number of nitrogens with two attached hydrogens (primary N) is 1. The number of rotatable bonds is 2. The Morgan fingerprint density at radius 1 is 1.04 bits per heavy atom. The van der Waals surface area contributed by atoms with Crippen molar-refractivity contribution in [3.63, 3.8) is 0 Å². The molecule has 0 unspecified atom stereocenters. The molecule has 3 rings (SSSR count). The second-order valence-corrected chi connectivity index (χ2v) is 5.87. The van der Waals surface area contributed by atoms with E-state index in [2.05, 4.69) is 10.8 Å². The van der Waals surface area contributed by atoms with Gasteiger partial charge >= 0.3 is 12.3 Å². The van der Waals surface area contributed by atoms with Crippen molar-refractivity contribution < 1.29 is 23.1 Å². The molecular formula is C19H18F3N3O2. The summed E-state index contributed by atoms with van der Waals surface area (Å²) in [7, 11) is 0. The largest absolute Gasteiger partial charge is 0.465 e. The second-order valence-electron chi connectivity index (χ2n) is 5.87. The molecule has 0 saturated carbocycles. The van der Waals surface area contributed by atoms with Gasteiger partial charge in [-0.3, -0.25) is 0 Å². The molecule has 0 bridgehead atoms. The van der Waals surface area contributed by atoms with Crippen LogP contribution in [-0.2, 0) is 6.18 Å². The van der Waals surface area contributed by atoms with Crippen LogP contribution >= 0.6 is 0 Å². The van der Waals surface area contributed by atoms with Gasteiger partial charge in [0.1, 0.15) is 0 Å². The second kappa shape index (κ2) is 7.94. The van der Waals surface area contributed by atoms with Crippen molar-refractivity contribution in [1.29, 1.82) is 0 Å². The van der Waals surface area contributed by atoms with Crippen LogP contribution in [0.25, 0.3) is 16.9 Å². The van der Waals surface area contributed by atoms with Crippen molar-refractivity contribution in [3.05, 3.63) is 71.4 Å². The number of hydrogen-bond donors (Lipinski definition) is 2. The SMILES string of the molecule is Cc1cc(C)cc(-c2cc(C(F)(F)F)nn2-c2ccccc2)c1.NC(=O)O. The Morgan fingerprint density at radius 3 is 2.04 bits per heavy atom. The number of aryl methyl sites for hydroxylation is 2. The number of primary amides is 1. The summed E-state index contributed by atoms with van der Waals surface area (Å²) in [5.74, 6) is 0. The first kappa shape index (κ1) is 20.0. The van der Waals surface area contributed by atoms with E-state index in [1.54, 1.807) is 24.3 Å². The monoisotopic (exact) mass is 377 g/mol. The maximum absolute atomic E-state index is 13.1. The summed E-state index contributed by atoms with van der Waals surface area (Å²) in [5.41, 5.74) is 6.86. The fourth-order valence-corrected chi connectivity index (χ4v) is 2.61. The van der Waals surface area contributed by atoms with Crippen LogP contribution in [0, 0.1) is 13.8 Å². The number of carboxylic acid groups (broad SMARTS) is 1. The molecule has 3 N–H and O–H groups in total. The van der Waals surface area contributed by atoms with E-state index in [4.69, 9.17) is 9.90 Å². The van der Waals surface area contributed by atoms with Crippen molar-refractivity contribution >= 4 is 6.09 Å². The topological polar surface area (TPSA) is 81.1 Å². The van der Waals surface area contributed by atoms with Crippen molar-refractivity contribution in [2.75, 3.05) is 0 Å². The number of para-hydroxylation sites is 1. The van der Waals surface area contributed by atoms with Crippen molar-refractivity contribution in [1.82, 2.24) is 9.78 Å². The number of alkyl halides is 3. The Kier molecular flexibility index (Phi) is 5.89. The Morgan fingerprint density at radius 2 is 1.56 bits per heavy atom. The lowest BCUT2D eigenvalue weighted by Crippen LogP contribution is -2.07. The number of amides is 1. The van der Waals surface area contributed by atoms with Gasteiger partial charge in [0.15, 0.2) is 5.69 Å². The van der Waals surface area contributed by atoms with Gasteiger partial charge < -0.3 is 10.8 Å².